The molecule has 1 aliphatic heterocycles. The van der Waals surface area contributed by atoms with Gasteiger partial charge in [-0.05, 0) is 24.8 Å². The number of carbonyl (C=O) groups excluding carboxylic acids is 1. The first-order valence-electron chi connectivity index (χ1n) is 8.90. The van der Waals surface area contributed by atoms with Crippen molar-refractivity contribution in [2.45, 2.75) is 63.7 Å². The normalized spacial score (nSPS) is 17.0. The SMILES string of the molecule is CCCCCCCC(=O)C1(c2ccccc2)CCN(N=O)CC1. The second-order valence-electron chi connectivity index (χ2n) is 6.57. The Balaban J connectivity index is 2.05. The van der Waals surface area contributed by atoms with E-state index in [0.29, 0.717) is 38.1 Å². The van der Waals surface area contributed by atoms with Crippen LogP contribution in [-0.4, -0.2) is 23.9 Å². The number of piperidine rings is 1. The van der Waals surface area contributed by atoms with E-state index in [1.807, 2.05) is 18.2 Å². The van der Waals surface area contributed by atoms with Gasteiger partial charge < -0.3 is 0 Å². The second-order valence-corrected chi connectivity index (χ2v) is 6.57. The van der Waals surface area contributed by atoms with Gasteiger partial charge in [0.1, 0.15) is 5.78 Å². The smallest absolute Gasteiger partial charge is 0.143 e. The van der Waals surface area contributed by atoms with Crippen molar-refractivity contribution in [3.63, 3.8) is 0 Å². The number of hydrogen-bond donors (Lipinski definition) is 0. The van der Waals surface area contributed by atoms with Gasteiger partial charge in [-0.15, -0.1) is 4.91 Å². The third-order valence-electron chi connectivity index (χ3n) is 5.08. The maximum atomic E-state index is 13.0. The molecule has 0 aromatic heterocycles. The summed E-state index contributed by atoms with van der Waals surface area (Å²) in [6.07, 6.45) is 7.81. The minimum Gasteiger partial charge on any atom is -0.299 e. The van der Waals surface area contributed by atoms with Gasteiger partial charge in [-0.1, -0.05) is 62.9 Å². The molecule has 0 unspecified atom stereocenters. The summed E-state index contributed by atoms with van der Waals surface area (Å²) < 4.78 is 0. The molecule has 1 aromatic rings. The van der Waals surface area contributed by atoms with Gasteiger partial charge in [0, 0.05) is 19.5 Å². The fourth-order valence-corrected chi connectivity index (χ4v) is 3.57. The topological polar surface area (TPSA) is 49.7 Å². The summed E-state index contributed by atoms with van der Waals surface area (Å²) in [6.45, 7) is 3.34. The first-order chi connectivity index (χ1) is 11.2. The molecule has 126 valence electrons. The molecule has 1 aromatic carbocycles. The minimum absolute atomic E-state index is 0.339. The molecule has 0 aliphatic carbocycles. The molecule has 2 rings (SSSR count). The number of Topliss-reactive ketones (excluding diaryl/α,β-unsaturated/α-hetero) is 1. The summed E-state index contributed by atoms with van der Waals surface area (Å²) >= 11 is 0. The Labute approximate surface area is 139 Å². The summed E-state index contributed by atoms with van der Waals surface area (Å²) in [7, 11) is 0. The molecule has 4 nitrogen and oxygen atoms in total. The summed E-state index contributed by atoms with van der Waals surface area (Å²) in [5.41, 5.74) is 0.678. The van der Waals surface area contributed by atoms with Gasteiger partial charge >= 0.3 is 0 Å². The Morgan fingerprint density at radius 1 is 1.09 bits per heavy atom. The van der Waals surface area contributed by atoms with Crippen molar-refractivity contribution in [1.29, 1.82) is 0 Å². The molecule has 1 saturated heterocycles. The van der Waals surface area contributed by atoms with E-state index in [1.165, 1.54) is 24.3 Å². The van der Waals surface area contributed by atoms with Crippen molar-refractivity contribution in [2.75, 3.05) is 13.1 Å². The van der Waals surface area contributed by atoms with Crippen LogP contribution in [0.25, 0.3) is 0 Å². The van der Waals surface area contributed by atoms with Crippen molar-refractivity contribution in [3.05, 3.63) is 40.8 Å². The molecule has 0 saturated carbocycles. The predicted molar refractivity (Wildman–Crippen MR) is 93.1 cm³/mol. The Bertz CT molecular complexity index is 493. The van der Waals surface area contributed by atoms with Crippen molar-refractivity contribution in [1.82, 2.24) is 5.01 Å². The summed E-state index contributed by atoms with van der Waals surface area (Å²) in [5.74, 6) is 0.339. The van der Waals surface area contributed by atoms with E-state index in [-0.39, 0.29) is 0 Å². The number of benzene rings is 1. The zero-order valence-electron chi connectivity index (χ0n) is 14.2. The van der Waals surface area contributed by atoms with Crippen LogP contribution in [0.1, 0.15) is 63.9 Å². The van der Waals surface area contributed by atoms with E-state index in [2.05, 4.69) is 24.3 Å². The average molecular weight is 316 g/mol. The molecule has 0 amide bonds. The van der Waals surface area contributed by atoms with E-state index in [0.717, 1.165) is 18.4 Å². The molecule has 23 heavy (non-hydrogen) atoms. The lowest BCUT2D eigenvalue weighted by Gasteiger charge is -2.39. The summed E-state index contributed by atoms with van der Waals surface area (Å²) in [5, 5.41) is 4.57. The third kappa shape index (κ3) is 4.40. The number of ketones is 1. The van der Waals surface area contributed by atoms with Crippen LogP contribution in [0.15, 0.2) is 35.6 Å². The van der Waals surface area contributed by atoms with Gasteiger partial charge in [0.25, 0.3) is 0 Å². The lowest BCUT2D eigenvalue weighted by molar-refractivity contribution is -0.126. The Morgan fingerprint density at radius 3 is 2.35 bits per heavy atom. The zero-order valence-corrected chi connectivity index (χ0v) is 14.2. The quantitative estimate of drug-likeness (QED) is 0.493. The van der Waals surface area contributed by atoms with Crippen LogP contribution in [0, 0.1) is 4.91 Å². The highest BCUT2D eigenvalue weighted by Crippen LogP contribution is 2.38. The van der Waals surface area contributed by atoms with Crippen molar-refractivity contribution < 1.29 is 4.79 Å². The van der Waals surface area contributed by atoms with Crippen LogP contribution in [0.3, 0.4) is 0 Å². The van der Waals surface area contributed by atoms with E-state index in [9.17, 15) is 9.70 Å². The Kier molecular flexibility index (Phi) is 6.75. The molecule has 0 bridgehead atoms. The predicted octanol–water partition coefficient (Wildman–Crippen LogP) is 4.63. The fourth-order valence-electron chi connectivity index (χ4n) is 3.57. The summed E-state index contributed by atoms with van der Waals surface area (Å²) in [6, 6.07) is 10.1. The standard InChI is InChI=1S/C19H28N2O2/c1-2-3-4-5-9-12-18(22)19(17-10-7-6-8-11-17)13-15-21(20-23)16-14-19/h6-8,10-11H,2-5,9,12-16H2,1H3. The first-order valence-corrected chi connectivity index (χ1v) is 8.90. The van der Waals surface area contributed by atoms with Crippen molar-refractivity contribution >= 4 is 5.78 Å². The monoisotopic (exact) mass is 316 g/mol. The van der Waals surface area contributed by atoms with Crippen LogP contribution >= 0.6 is 0 Å². The van der Waals surface area contributed by atoms with E-state index >= 15 is 0 Å². The minimum atomic E-state index is -0.423. The van der Waals surface area contributed by atoms with Gasteiger partial charge in [0.05, 0.1) is 10.7 Å². The maximum absolute atomic E-state index is 13.0. The number of nitrogens with zero attached hydrogens (tertiary/aromatic N) is 2. The van der Waals surface area contributed by atoms with Crippen molar-refractivity contribution in [2.24, 2.45) is 5.29 Å². The molecule has 4 heteroatoms. The Hall–Kier alpha value is -1.71. The fraction of sp³-hybridized carbons (Fsp3) is 0.632. The van der Waals surface area contributed by atoms with Gasteiger partial charge in [-0.2, -0.15) is 0 Å². The van der Waals surface area contributed by atoms with Crippen molar-refractivity contribution in [3.8, 4) is 0 Å². The largest absolute Gasteiger partial charge is 0.299 e. The van der Waals surface area contributed by atoms with Gasteiger partial charge in [0.15, 0.2) is 0 Å². The van der Waals surface area contributed by atoms with Crippen LogP contribution in [0.4, 0.5) is 0 Å². The van der Waals surface area contributed by atoms with Gasteiger partial charge in [-0.3, -0.25) is 9.80 Å². The average Bonchev–Trinajstić information content (AvgIpc) is 2.62. The van der Waals surface area contributed by atoms with Crippen LogP contribution in [-0.2, 0) is 10.2 Å². The second kappa shape index (κ2) is 8.80. The lowest BCUT2D eigenvalue weighted by Crippen LogP contribution is -2.45. The lowest BCUT2D eigenvalue weighted by atomic mass is 9.69. The molecular weight excluding hydrogens is 288 g/mol. The highest BCUT2D eigenvalue weighted by Gasteiger charge is 2.42. The first kappa shape index (κ1) is 17.6. The van der Waals surface area contributed by atoms with Gasteiger partial charge in [0.2, 0.25) is 0 Å². The highest BCUT2D eigenvalue weighted by molar-refractivity contribution is 5.90. The van der Waals surface area contributed by atoms with E-state index in [1.54, 1.807) is 0 Å². The molecule has 0 N–H and O–H groups in total. The van der Waals surface area contributed by atoms with Crippen LogP contribution in [0.5, 0.6) is 0 Å². The molecule has 1 aliphatic rings. The zero-order chi connectivity index (χ0) is 16.5. The molecule has 1 fully saturated rings. The molecule has 1 heterocycles. The highest BCUT2D eigenvalue weighted by atomic mass is 16.3. The number of nitroso groups, excluding NO2 is 1. The van der Waals surface area contributed by atoms with E-state index in [4.69, 9.17) is 0 Å². The number of rotatable bonds is 9. The van der Waals surface area contributed by atoms with Crippen LogP contribution < -0.4 is 0 Å². The number of carbonyl (C=O) groups is 1. The molecule has 0 spiro atoms. The number of unbranched alkanes of at least 4 members (excludes halogenated alkanes) is 4. The third-order valence-corrected chi connectivity index (χ3v) is 5.08. The number of hydrogen-bond acceptors (Lipinski definition) is 3. The molecule has 0 atom stereocenters. The van der Waals surface area contributed by atoms with Gasteiger partial charge in [-0.25, -0.2) is 0 Å². The molecular formula is C19H28N2O2. The maximum Gasteiger partial charge on any atom is 0.143 e. The Morgan fingerprint density at radius 2 is 1.74 bits per heavy atom. The van der Waals surface area contributed by atoms with E-state index < -0.39 is 5.41 Å². The van der Waals surface area contributed by atoms with Crippen LogP contribution in [0.2, 0.25) is 0 Å². The summed E-state index contributed by atoms with van der Waals surface area (Å²) in [4.78, 5) is 23.8. The molecule has 0 radical (unpaired) electrons.